The van der Waals surface area contributed by atoms with E-state index in [0.29, 0.717) is 6.54 Å². The molecule has 1 atom stereocenters. The number of ether oxygens (including phenoxy) is 1. The van der Waals surface area contributed by atoms with Crippen molar-refractivity contribution >= 4 is 5.97 Å². The molecule has 0 saturated heterocycles. The van der Waals surface area contributed by atoms with Crippen molar-refractivity contribution in [2.24, 2.45) is 0 Å². The number of carboxylic acid groups (broad SMARTS) is 1. The summed E-state index contributed by atoms with van der Waals surface area (Å²) >= 11 is 0. The summed E-state index contributed by atoms with van der Waals surface area (Å²) in [5.74, 6) is 0.0697. The normalized spacial score (nSPS) is 11.9. The standard InChI is InChI=1S/C19H23NO3/c1-23-18-10-6-5-9-16(18)11-12-17(13-19(21)22)20-14-15-7-3-2-4-8-15/h2-10,17,20H,11-14H2,1H3,(H,21,22)/t17-/m0/s1. The van der Waals surface area contributed by atoms with Gasteiger partial charge in [0.25, 0.3) is 0 Å². The number of carbonyl (C=O) groups is 1. The van der Waals surface area contributed by atoms with E-state index in [4.69, 9.17) is 9.84 Å². The van der Waals surface area contributed by atoms with Crippen LogP contribution in [-0.2, 0) is 17.8 Å². The topological polar surface area (TPSA) is 58.6 Å². The summed E-state index contributed by atoms with van der Waals surface area (Å²) in [7, 11) is 1.65. The predicted octanol–water partition coefficient (Wildman–Crippen LogP) is 3.26. The molecular formula is C19H23NO3. The van der Waals surface area contributed by atoms with Crippen LogP contribution in [0.4, 0.5) is 0 Å². The van der Waals surface area contributed by atoms with E-state index in [-0.39, 0.29) is 12.5 Å². The van der Waals surface area contributed by atoms with E-state index >= 15 is 0 Å². The molecule has 0 heterocycles. The van der Waals surface area contributed by atoms with E-state index in [1.54, 1.807) is 7.11 Å². The third-order valence-corrected chi connectivity index (χ3v) is 3.81. The Hall–Kier alpha value is -2.33. The van der Waals surface area contributed by atoms with Crippen molar-refractivity contribution in [3.8, 4) is 5.75 Å². The molecule has 0 spiro atoms. The lowest BCUT2D eigenvalue weighted by Crippen LogP contribution is -2.31. The number of nitrogens with one attached hydrogen (secondary N) is 1. The van der Waals surface area contributed by atoms with Gasteiger partial charge in [0.2, 0.25) is 0 Å². The van der Waals surface area contributed by atoms with Crippen LogP contribution in [0.2, 0.25) is 0 Å². The number of aliphatic carboxylic acids is 1. The van der Waals surface area contributed by atoms with E-state index < -0.39 is 5.97 Å². The molecule has 23 heavy (non-hydrogen) atoms. The first-order valence-corrected chi connectivity index (χ1v) is 7.80. The minimum atomic E-state index is -0.782. The van der Waals surface area contributed by atoms with Crippen LogP contribution >= 0.6 is 0 Å². The van der Waals surface area contributed by atoms with Gasteiger partial charge in [0.15, 0.2) is 0 Å². The zero-order valence-electron chi connectivity index (χ0n) is 13.4. The van der Waals surface area contributed by atoms with Gasteiger partial charge in [-0.05, 0) is 30.0 Å². The molecule has 4 heteroatoms. The maximum absolute atomic E-state index is 11.1. The van der Waals surface area contributed by atoms with Crippen LogP contribution in [0.1, 0.15) is 24.0 Å². The van der Waals surface area contributed by atoms with Gasteiger partial charge in [0.1, 0.15) is 5.75 Å². The lowest BCUT2D eigenvalue weighted by Gasteiger charge is -2.18. The molecule has 0 aliphatic rings. The largest absolute Gasteiger partial charge is 0.496 e. The number of aryl methyl sites for hydroxylation is 1. The van der Waals surface area contributed by atoms with E-state index in [9.17, 15) is 4.79 Å². The molecule has 0 aliphatic heterocycles. The van der Waals surface area contributed by atoms with E-state index in [0.717, 1.165) is 29.7 Å². The number of para-hydroxylation sites is 1. The molecule has 0 fully saturated rings. The van der Waals surface area contributed by atoms with Crippen LogP contribution in [0.3, 0.4) is 0 Å². The lowest BCUT2D eigenvalue weighted by atomic mass is 10.0. The van der Waals surface area contributed by atoms with E-state index in [1.165, 1.54) is 0 Å². The first-order valence-electron chi connectivity index (χ1n) is 7.80. The summed E-state index contributed by atoms with van der Waals surface area (Å²) in [6.07, 6.45) is 1.64. The van der Waals surface area contributed by atoms with Gasteiger partial charge in [-0.15, -0.1) is 0 Å². The molecule has 122 valence electrons. The van der Waals surface area contributed by atoms with Crippen molar-refractivity contribution in [1.82, 2.24) is 5.32 Å². The average molecular weight is 313 g/mol. The summed E-state index contributed by atoms with van der Waals surface area (Å²) in [4.78, 5) is 11.1. The number of hydrogen-bond donors (Lipinski definition) is 2. The Labute approximate surface area is 137 Å². The molecule has 0 amide bonds. The fraction of sp³-hybridized carbons (Fsp3) is 0.316. The summed E-state index contributed by atoms with van der Waals surface area (Å²) < 4.78 is 5.35. The fourth-order valence-corrected chi connectivity index (χ4v) is 2.58. The smallest absolute Gasteiger partial charge is 0.304 e. The second-order valence-corrected chi connectivity index (χ2v) is 5.51. The SMILES string of the molecule is COc1ccccc1CC[C@@H](CC(=O)O)NCc1ccccc1. The molecular weight excluding hydrogens is 290 g/mol. The van der Waals surface area contributed by atoms with Crippen molar-refractivity contribution < 1.29 is 14.6 Å². The highest BCUT2D eigenvalue weighted by molar-refractivity contribution is 5.67. The minimum absolute atomic E-state index is 0.0716. The Kier molecular flexibility index (Phi) is 6.63. The quantitative estimate of drug-likeness (QED) is 0.746. The van der Waals surface area contributed by atoms with Crippen LogP contribution < -0.4 is 10.1 Å². The Morgan fingerprint density at radius 3 is 2.52 bits per heavy atom. The molecule has 4 nitrogen and oxygen atoms in total. The first kappa shape index (κ1) is 17.0. The Morgan fingerprint density at radius 2 is 1.83 bits per heavy atom. The molecule has 0 aliphatic carbocycles. The maximum atomic E-state index is 11.1. The van der Waals surface area contributed by atoms with Gasteiger partial charge in [-0.2, -0.15) is 0 Å². The van der Waals surface area contributed by atoms with Crippen LogP contribution in [0.15, 0.2) is 54.6 Å². The number of rotatable bonds is 9. The van der Waals surface area contributed by atoms with Crippen LogP contribution in [-0.4, -0.2) is 24.2 Å². The van der Waals surface area contributed by atoms with E-state index in [1.807, 2.05) is 54.6 Å². The first-order chi connectivity index (χ1) is 11.2. The van der Waals surface area contributed by atoms with Crippen molar-refractivity contribution in [3.05, 3.63) is 65.7 Å². The van der Waals surface area contributed by atoms with Gasteiger partial charge in [0.05, 0.1) is 13.5 Å². The highest BCUT2D eigenvalue weighted by Crippen LogP contribution is 2.20. The minimum Gasteiger partial charge on any atom is -0.496 e. The van der Waals surface area contributed by atoms with Gasteiger partial charge < -0.3 is 15.2 Å². The van der Waals surface area contributed by atoms with Gasteiger partial charge in [-0.1, -0.05) is 48.5 Å². The van der Waals surface area contributed by atoms with Gasteiger partial charge in [-0.3, -0.25) is 4.79 Å². The van der Waals surface area contributed by atoms with Gasteiger partial charge in [-0.25, -0.2) is 0 Å². The lowest BCUT2D eigenvalue weighted by molar-refractivity contribution is -0.137. The van der Waals surface area contributed by atoms with Crippen LogP contribution in [0.25, 0.3) is 0 Å². The number of methoxy groups -OCH3 is 1. The summed E-state index contributed by atoms with van der Waals surface area (Å²) in [5.41, 5.74) is 2.26. The third kappa shape index (κ3) is 5.75. The predicted molar refractivity (Wildman–Crippen MR) is 90.6 cm³/mol. The highest BCUT2D eigenvalue weighted by atomic mass is 16.5. The van der Waals surface area contributed by atoms with Gasteiger partial charge in [0, 0.05) is 12.6 Å². The van der Waals surface area contributed by atoms with Crippen molar-refractivity contribution in [2.45, 2.75) is 31.8 Å². The Balaban J connectivity index is 1.94. The van der Waals surface area contributed by atoms with Crippen molar-refractivity contribution in [3.63, 3.8) is 0 Å². The number of carboxylic acids is 1. The van der Waals surface area contributed by atoms with E-state index in [2.05, 4.69) is 5.32 Å². The number of hydrogen-bond acceptors (Lipinski definition) is 3. The van der Waals surface area contributed by atoms with Crippen molar-refractivity contribution in [2.75, 3.05) is 7.11 Å². The molecule has 2 aromatic carbocycles. The van der Waals surface area contributed by atoms with Crippen molar-refractivity contribution in [1.29, 1.82) is 0 Å². The fourth-order valence-electron chi connectivity index (χ4n) is 2.58. The van der Waals surface area contributed by atoms with Crippen LogP contribution in [0, 0.1) is 0 Å². The third-order valence-electron chi connectivity index (χ3n) is 3.81. The zero-order valence-corrected chi connectivity index (χ0v) is 13.4. The Bertz CT molecular complexity index is 613. The second-order valence-electron chi connectivity index (χ2n) is 5.51. The summed E-state index contributed by atoms with van der Waals surface area (Å²) in [5, 5.41) is 12.5. The molecule has 2 N–H and O–H groups in total. The molecule has 0 aromatic heterocycles. The van der Waals surface area contributed by atoms with Gasteiger partial charge >= 0.3 is 5.97 Å². The maximum Gasteiger partial charge on any atom is 0.304 e. The molecule has 0 unspecified atom stereocenters. The molecule has 2 rings (SSSR count). The van der Waals surface area contributed by atoms with Crippen LogP contribution in [0.5, 0.6) is 5.75 Å². The highest BCUT2D eigenvalue weighted by Gasteiger charge is 2.14. The molecule has 0 radical (unpaired) electrons. The monoisotopic (exact) mass is 313 g/mol. The summed E-state index contributed by atoms with van der Waals surface area (Å²) in [6, 6.07) is 17.8. The molecule has 0 bridgehead atoms. The molecule has 0 saturated carbocycles. The Morgan fingerprint density at radius 1 is 1.13 bits per heavy atom. The zero-order chi connectivity index (χ0) is 16.5. The average Bonchev–Trinajstić information content (AvgIpc) is 2.58. The number of benzene rings is 2. The molecule has 2 aromatic rings. The second kappa shape index (κ2) is 8.96. The summed E-state index contributed by atoms with van der Waals surface area (Å²) in [6.45, 7) is 0.671.